The van der Waals surface area contributed by atoms with Gasteiger partial charge in [-0.1, -0.05) is 24.3 Å². The summed E-state index contributed by atoms with van der Waals surface area (Å²) in [4.78, 5) is 28.4. The first-order valence-corrected chi connectivity index (χ1v) is 10.9. The summed E-state index contributed by atoms with van der Waals surface area (Å²) in [5, 5.41) is -0.623. The largest absolute Gasteiger partial charge is 0.493 e. The minimum absolute atomic E-state index is 0.0872. The molecule has 7 nitrogen and oxygen atoms in total. The molecule has 8 heteroatoms. The number of para-hydroxylation sites is 1. The Labute approximate surface area is 185 Å². The summed E-state index contributed by atoms with van der Waals surface area (Å²) in [6, 6.07) is 15.0. The Hall–Kier alpha value is -3.13. The summed E-state index contributed by atoms with van der Waals surface area (Å²) in [6.45, 7) is 3.73. The zero-order valence-electron chi connectivity index (χ0n) is 18.2. The van der Waals surface area contributed by atoms with Gasteiger partial charge >= 0.3 is 0 Å². The molecule has 1 aliphatic heterocycles. The lowest BCUT2D eigenvalue weighted by molar-refractivity contribution is -0.117. The molecular weight excluding hydrogens is 414 g/mol. The summed E-state index contributed by atoms with van der Waals surface area (Å²) in [7, 11) is 4.99. The number of rotatable bonds is 5. The van der Waals surface area contributed by atoms with E-state index in [-0.39, 0.29) is 22.1 Å². The van der Waals surface area contributed by atoms with Gasteiger partial charge in [0.2, 0.25) is 5.91 Å². The number of thioether (sulfide) groups is 1. The van der Waals surface area contributed by atoms with Crippen LogP contribution >= 0.6 is 11.8 Å². The van der Waals surface area contributed by atoms with Gasteiger partial charge in [0.05, 0.1) is 30.9 Å². The molecule has 1 fully saturated rings. The van der Waals surface area contributed by atoms with Gasteiger partial charge in [0.25, 0.3) is 5.56 Å². The Kier molecular flexibility index (Phi) is 5.58. The zero-order valence-corrected chi connectivity index (χ0v) is 19.0. The zero-order chi connectivity index (χ0) is 22.3. The number of anilines is 1. The lowest BCUT2D eigenvalue weighted by Gasteiger charge is -2.23. The first-order chi connectivity index (χ1) is 14.9. The maximum Gasteiger partial charge on any atom is 0.295 e. The predicted molar refractivity (Wildman–Crippen MR) is 123 cm³/mol. The van der Waals surface area contributed by atoms with Crippen LogP contribution in [0.2, 0.25) is 0 Å². The van der Waals surface area contributed by atoms with Crippen LogP contribution in [0.25, 0.3) is 5.69 Å². The van der Waals surface area contributed by atoms with Crippen molar-refractivity contribution in [3.8, 4) is 17.2 Å². The molecule has 2 atom stereocenters. The van der Waals surface area contributed by atoms with E-state index in [0.717, 1.165) is 16.9 Å². The molecule has 31 heavy (non-hydrogen) atoms. The molecule has 0 bridgehead atoms. The first-order valence-electron chi connectivity index (χ1n) is 9.93. The van der Waals surface area contributed by atoms with Crippen molar-refractivity contribution in [1.82, 2.24) is 9.36 Å². The van der Waals surface area contributed by atoms with E-state index >= 15 is 0 Å². The number of carbonyl (C=O) groups excluding carboxylic acids is 1. The molecule has 0 unspecified atom stereocenters. The van der Waals surface area contributed by atoms with Gasteiger partial charge in [-0.15, -0.1) is 11.8 Å². The molecule has 1 saturated heterocycles. The average Bonchev–Trinajstić information content (AvgIpc) is 3.19. The molecule has 2 heterocycles. The molecule has 0 aliphatic carbocycles. The SMILES string of the molecule is COc1ccc([C@@H]2S[C@H](C)C(=O)N2c2c(C)n(C)n(-c3ccccc3)c2=O)cc1OC. The van der Waals surface area contributed by atoms with Gasteiger partial charge in [-0.05, 0) is 43.7 Å². The number of carbonyl (C=O) groups is 1. The van der Waals surface area contributed by atoms with Crippen LogP contribution in [0.1, 0.15) is 23.6 Å². The number of nitrogens with zero attached hydrogens (tertiary/aromatic N) is 3. The van der Waals surface area contributed by atoms with Gasteiger partial charge in [0.15, 0.2) is 11.5 Å². The molecule has 162 valence electrons. The smallest absolute Gasteiger partial charge is 0.295 e. The third-order valence-electron chi connectivity index (χ3n) is 5.61. The van der Waals surface area contributed by atoms with Crippen LogP contribution in [-0.2, 0) is 11.8 Å². The standard InChI is InChI=1S/C23H25N3O4S/c1-14-20(22(28)26(24(14)3)17-9-7-6-8-10-17)25-21(27)15(2)31-23(25)16-11-12-18(29-4)19(13-16)30-5/h6-13,15,23H,1-5H3/t15-,23+/m1/s1. The molecule has 2 aromatic carbocycles. The van der Waals surface area contributed by atoms with Crippen molar-refractivity contribution in [1.29, 1.82) is 0 Å². The minimum Gasteiger partial charge on any atom is -0.493 e. The maximum absolute atomic E-state index is 13.5. The number of hydrogen-bond acceptors (Lipinski definition) is 5. The van der Waals surface area contributed by atoms with E-state index in [1.807, 2.05) is 69.4 Å². The highest BCUT2D eigenvalue weighted by atomic mass is 32.2. The number of hydrogen-bond donors (Lipinski definition) is 0. The molecular formula is C23H25N3O4S. The van der Waals surface area contributed by atoms with E-state index in [1.54, 1.807) is 28.5 Å². The third kappa shape index (κ3) is 3.40. The highest BCUT2D eigenvalue weighted by Gasteiger charge is 2.42. The van der Waals surface area contributed by atoms with Crippen molar-refractivity contribution < 1.29 is 14.3 Å². The van der Waals surface area contributed by atoms with E-state index in [9.17, 15) is 9.59 Å². The Balaban J connectivity index is 1.87. The van der Waals surface area contributed by atoms with Crippen molar-refractivity contribution in [3.05, 3.63) is 70.1 Å². The molecule has 1 aromatic heterocycles. The van der Waals surface area contributed by atoms with Gasteiger partial charge in [-0.2, -0.15) is 0 Å². The molecule has 1 aliphatic rings. The molecule has 1 amide bonds. The normalized spacial score (nSPS) is 18.5. The lowest BCUT2D eigenvalue weighted by Crippen LogP contribution is -2.34. The molecule has 3 aromatic rings. The van der Waals surface area contributed by atoms with Crippen molar-refractivity contribution in [2.75, 3.05) is 19.1 Å². The van der Waals surface area contributed by atoms with Crippen molar-refractivity contribution in [2.24, 2.45) is 7.05 Å². The van der Waals surface area contributed by atoms with Crippen LogP contribution < -0.4 is 19.9 Å². The van der Waals surface area contributed by atoms with Crippen LogP contribution in [-0.4, -0.2) is 34.7 Å². The Morgan fingerprint density at radius 2 is 1.65 bits per heavy atom. The van der Waals surface area contributed by atoms with E-state index in [2.05, 4.69) is 0 Å². The third-order valence-corrected chi connectivity index (χ3v) is 6.96. The predicted octanol–water partition coefficient (Wildman–Crippen LogP) is 3.67. The number of aromatic nitrogens is 2. The van der Waals surface area contributed by atoms with Crippen LogP contribution in [0.15, 0.2) is 53.3 Å². The second-order valence-electron chi connectivity index (χ2n) is 7.36. The quantitative estimate of drug-likeness (QED) is 0.607. The second-order valence-corrected chi connectivity index (χ2v) is 8.79. The number of ether oxygens (including phenoxy) is 2. The Bertz CT molecular complexity index is 1190. The Morgan fingerprint density at radius 3 is 2.29 bits per heavy atom. The highest BCUT2D eigenvalue weighted by Crippen LogP contribution is 2.47. The maximum atomic E-state index is 13.5. The number of benzene rings is 2. The molecule has 0 radical (unpaired) electrons. The van der Waals surface area contributed by atoms with Gasteiger partial charge in [0, 0.05) is 7.05 Å². The van der Waals surface area contributed by atoms with Crippen molar-refractivity contribution in [2.45, 2.75) is 24.5 Å². The summed E-state index contributed by atoms with van der Waals surface area (Å²) in [5.41, 5.74) is 2.52. The fourth-order valence-corrected chi connectivity index (χ4v) is 5.17. The monoisotopic (exact) mass is 439 g/mol. The van der Waals surface area contributed by atoms with E-state index in [4.69, 9.17) is 9.47 Å². The summed E-state index contributed by atoms with van der Waals surface area (Å²) >= 11 is 1.51. The molecule has 0 N–H and O–H groups in total. The van der Waals surface area contributed by atoms with Gasteiger partial charge in [0.1, 0.15) is 11.1 Å². The summed E-state index contributed by atoms with van der Waals surface area (Å²) < 4.78 is 14.2. The topological polar surface area (TPSA) is 65.7 Å². The summed E-state index contributed by atoms with van der Waals surface area (Å²) in [6.07, 6.45) is 0. The van der Waals surface area contributed by atoms with E-state index < -0.39 is 0 Å². The first kappa shape index (κ1) is 21.1. The lowest BCUT2D eigenvalue weighted by atomic mass is 10.1. The Morgan fingerprint density at radius 1 is 0.968 bits per heavy atom. The summed E-state index contributed by atoms with van der Waals surface area (Å²) in [5.74, 6) is 1.11. The van der Waals surface area contributed by atoms with Crippen LogP contribution in [0.5, 0.6) is 11.5 Å². The number of methoxy groups -OCH3 is 2. The second kappa shape index (κ2) is 8.19. The minimum atomic E-state index is -0.347. The van der Waals surface area contributed by atoms with E-state index in [1.165, 1.54) is 11.8 Å². The van der Waals surface area contributed by atoms with E-state index in [0.29, 0.717) is 17.2 Å². The van der Waals surface area contributed by atoms with Gasteiger partial charge < -0.3 is 9.47 Å². The van der Waals surface area contributed by atoms with Crippen LogP contribution in [0.4, 0.5) is 5.69 Å². The fraction of sp³-hybridized carbons (Fsp3) is 0.304. The van der Waals surface area contributed by atoms with Crippen LogP contribution in [0, 0.1) is 6.92 Å². The highest BCUT2D eigenvalue weighted by molar-refractivity contribution is 8.01. The average molecular weight is 440 g/mol. The van der Waals surface area contributed by atoms with Gasteiger partial charge in [-0.3, -0.25) is 19.2 Å². The van der Waals surface area contributed by atoms with Gasteiger partial charge in [-0.25, -0.2) is 4.68 Å². The van der Waals surface area contributed by atoms with Crippen molar-refractivity contribution in [3.63, 3.8) is 0 Å². The fourth-order valence-electron chi connectivity index (χ4n) is 3.92. The van der Waals surface area contributed by atoms with Crippen molar-refractivity contribution >= 4 is 23.4 Å². The molecule has 4 rings (SSSR count). The number of amides is 1. The van der Waals surface area contributed by atoms with Crippen LogP contribution in [0.3, 0.4) is 0 Å². The molecule has 0 spiro atoms. The molecule has 0 saturated carbocycles.